The summed E-state index contributed by atoms with van der Waals surface area (Å²) in [4.78, 5) is 4.97. The zero-order valence-electron chi connectivity index (χ0n) is 25.8. The van der Waals surface area contributed by atoms with E-state index in [1.165, 1.54) is 66.3 Å². The molecule has 0 unspecified atom stereocenters. The van der Waals surface area contributed by atoms with Gasteiger partial charge in [-0.25, -0.2) is 0 Å². The molecule has 0 aromatic heterocycles. The van der Waals surface area contributed by atoms with E-state index in [2.05, 4.69) is 129 Å². The van der Waals surface area contributed by atoms with Crippen LogP contribution < -0.4 is 5.11 Å². The zero-order valence-corrected chi connectivity index (χ0v) is 27.2. The second-order valence-electron chi connectivity index (χ2n) is 11.0. The van der Waals surface area contributed by atoms with Gasteiger partial charge in [-0.05, 0) is 73.3 Å². The Morgan fingerprint density at radius 3 is 1.40 bits per heavy atom. The summed E-state index contributed by atoms with van der Waals surface area (Å²) in [6, 6.07) is 47.2. The van der Waals surface area contributed by atoms with E-state index in [-0.39, 0.29) is 28.8 Å². The number of rotatable bonds is 6. The van der Waals surface area contributed by atoms with E-state index < -0.39 is 0 Å². The molecule has 0 radical (unpaired) electrons. The van der Waals surface area contributed by atoms with Crippen LogP contribution in [-0.2, 0) is 13.1 Å². The standard InChI is InChI=1S/C35H29N2.C6H6O.Mg/c1-24(36-22-34-30-15-7-3-11-26(30)20-27-12-4-8-16-31(27)34)19-25(2)37-23-35-32-17-9-5-13-28(32)21-29-14-6-10-18-33(29)35;7-6-4-2-1-3-5-6;/h3-21H,22-23H2,1-2H3;1-5,7H;/q-1;;+2/p-1/b24-19-,37-25?;;. The smallest absolute Gasteiger partial charge is 0.872 e. The molecule has 0 aliphatic heterocycles. The Kier molecular flexibility index (Phi) is 10.5. The summed E-state index contributed by atoms with van der Waals surface area (Å²) in [5.74, 6) is 0.0718. The van der Waals surface area contributed by atoms with E-state index >= 15 is 0 Å². The number of nitrogens with zero attached hydrogens (tertiary/aromatic N) is 2. The molecule has 3 nitrogen and oxygen atoms in total. The van der Waals surface area contributed by atoms with E-state index in [0.717, 1.165) is 11.4 Å². The quantitative estimate of drug-likeness (QED) is 0.107. The molecule has 0 N–H and O–H groups in total. The van der Waals surface area contributed by atoms with Gasteiger partial charge < -0.3 is 10.4 Å². The van der Waals surface area contributed by atoms with Gasteiger partial charge in [0.1, 0.15) is 0 Å². The molecule has 0 aliphatic rings. The van der Waals surface area contributed by atoms with Crippen LogP contribution in [0.4, 0.5) is 0 Å². The molecule has 0 aliphatic carbocycles. The summed E-state index contributed by atoms with van der Waals surface area (Å²) in [6.07, 6.45) is 2.10. The van der Waals surface area contributed by atoms with Crippen LogP contribution in [-0.4, -0.2) is 28.8 Å². The Balaban J connectivity index is 0.000000444. The summed E-state index contributed by atoms with van der Waals surface area (Å²) in [5.41, 5.74) is 4.53. The van der Waals surface area contributed by atoms with Gasteiger partial charge in [0.15, 0.2) is 0 Å². The zero-order chi connectivity index (χ0) is 30.3. The molecule has 4 heteroatoms. The van der Waals surface area contributed by atoms with Gasteiger partial charge in [0.2, 0.25) is 0 Å². The first kappa shape index (κ1) is 31.8. The molecule has 7 aromatic carbocycles. The van der Waals surface area contributed by atoms with Crippen molar-refractivity contribution in [2.45, 2.75) is 26.9 Å². The van der Waals surface area contributed by atoms with Crippen molar-refractivity contribution in [3.8, 4) is 5.75 Å². The summed E-state index contributed by atoms with van der Waals surface area (Å²) in [7, 11) is 0. The largest absolute Gasteiger partial charge is 2.00 e. The number of fused-ring (bicyclic) bond motifs is 4. The third-order valence-corrected chi connectivity index (χ3v) is 7.90. The van der Waals surface area contributed by atoms with Crippen LogP contribution in [0.5, 0.6) is 5.75 Å². The van der Waals surface area contributed by atoms with Crippen LogP contribution in [0.1, 0.15) is 25.0 Å². The van der Waals surface area contributed by atoms with Gasteiger partial charge in [0.05, 0.1) is 6.54 Å². The maximum Gasteiger partial charge on any atom is 2.00 e. The topological polar surface area (TPSA) is 49.5 Å². The summed E-state index contributed by atoms with van der Waals surface area (Å²) >= 11 is 0. The van der Waals surface area contributed by atoms with Crippen LogP contribution in [0.3, 0.4) is 0 Å². The molecule has 0 saturated heterocycles. The van der Waals surface area contributed by atoms with Crippen molar-refractivity contribution in [2.75, 3.05) is 0 Å². The van der Waals surface area contributed by atoms with Crippen molar-refractivity contribution >= 4 is 71.9 Å². The van der Waals surface area contributed by atoms with Gasteiger partial charge in [0, 0.05) is 5.71 Å². The van der Waals surface area contributed by atoms with Crippen molar-refractivity contribution in [1.29, 1.82) is 0 Å². The average molecular weight is 595 g/mol. The van der Waals surface area contributed by atoms with Crippen molar-refractivity contribution in [2.24, 2.45) is 4.99 Å². The number of para-hydroxylation sites is 1. The molecule has 216 valence electrons. The predicted octanol–water partition coefficient (Wildman–Crippen LogP) is 10.1. The molecule has 0 heterocycles. The summed E-state index contributed by atoms with van der Waals surface area (Å²) in [5, 5.41) is 25.3. The van der Waals surface area contributed by atoms with E-state index in [4.69, 9.17) is 10.3 Å². The van der Waals surface area contributed by atoms with Gasteiger partial charge in [-0.1, -0.05) is 140 Å². The fourth-order valence-electron chi connectivity index (χ4n) is 5.78. The monoisotopic (exact) mass is 594 g/mol. The van der Waals surface area contributed by atoms with Gasteiger partial charge >= 0.3 is 23.1 Å². The third-order valence-electron chi connectivity index (χ3n) is 7.90. The van der Waals surface area contributed by atoms with Crippen molar-refractivity contribution in [3.63, 3.8) is 0 Å². The van der Waals surface area contributed by atoms with Gasteiger partial charge in [-0.2, -0.15) is 5.70 Å². The number of aliphatic imine (C=N–C) groups is 1. The summed E-state index contributed by atoms with van der Waals surface area (Å²) < 4.78 is 0. The molecule has 45 heavy (non-hydrogen) atoms. The SMILES string of the molecule is CC(/C=C(/C)[N-]Cc1c2ccccc2cc2ccccc12)=NCc1c2ccccc2cc2ccccc12.[Mg+2].[O-]c1ccccc1. The first-order chi connectivity index (χ1) is 21.6. The fraction of sp³-hybridized carbons (Fsp3) is 0.0976. The first-order valence-corrected chi connectivity index (χ1v) is 14.9. The van der Waals surface area contributed by atoms with Crippen molar-refractivity contribution in [3.05, 3.63) is 168 Å². The van der Waals surface area contributed by atoms with Crippen LogP contribution in [0.15, 0.2) is 156 Å². The first-order valence-electron chi connectivity index (χ1n) is 14.9. The molecule has 0 saturated carbocycles. The number of hydrogen-bond acceptors (Lipinski definition) is 2. The molecule has 0 fully saturated rings. The van der Waals surface area contributed by atoms with Crippen LogP contribution in [0.25, 0.3) is 48.4 Å². The number of benzene rings is 7. The van der Waals surface area contributed by atoms with E-state index in [0.29, 0.717) is 13.1 Å². The van der Waals surface area contributed by atoms with Crippen molar-refractivity contribution in [1.82, 2.24) is 0 Å². The molecule has 0 atom stereocenters. The molecule has 7 rings (SSSR count). The number of allylic oxidation sites excluding steroid dienone is 2. The van der Waals surface area contributed by atoms with Crippen LogP contribution in [0, 0.1) is 0 Å². The molecule has 0 spiro atoms. The Hall–Kier alpha value is -4.64. The Morgan fingerprint density at radius 2 is 0.978 bits per heavy atom. The Labute approximate surface area is 281 Å². The second kappa shape index (κ2) is 14.9. The third kappa shape index (κ3) is 7.54. The van der Waals surface area contributed by atoms with E-state index in [1.807, 2.05) is 6.07 Å². The van der Waals surface area contributed by atoms with Crippen LogP contribution in [0.2, 0.25) is 0 Å². The normalized spacial score (nSPS) is 11.7. The van der Waals surface area contributed by atoms with E-state index in [9.17, 15) is 5.11 Å². The Morgan fingerprint density at radius 1 is 0.578 bits per heavy atom. The molecule has 0 bridgehead atoms. The molecule has 7 aromatic rings. The minimum Gasteiger partial charge on any atom is -0.872 e. The average Bonchev–Trinajstić information content (AvgIpc) is 3.05. The maximum atomic E-state index is 10.3. The minimum absolute atomic E-state index is 0. The van der Waals surface area contributed by atoms with E-state index in [1.54, 1.807) is 12.1 Å². The molecule has 0 amide bonds. The second-order valence-corrected chi connectivity index (χ2v) is 11.0. The van der Waals surface area contributed by atoms with Crippen LogP contribution >= 0.6 is 0 Å². The minimum atomic E-state index is 0. The Bertz CT molecular complexity index is 2030. The fourth-order valence-corrected chi connectivity index (χ4v) is 5.78. The van der Waals surface area contributed by atoms with Gasteiger partial charge in [-0.15, -0.1) is 12.3 Å². The molecular formula is C41H34MgN2O. The van der Waals surface area contributed by atoms with Gasteiger partial charge in [-0.3, -0.25) is 4.99 Å². The van der Waals surface area contributed by atoms with Crippen molar-refractivity contribution < 1.29 is 5.11 Å². The number of hydrogen-bond donors (Lipinski definition) is 0. The summed E-state index contributed by atoms with van der Waals surface area (Å²) in [6.45, 7) is 5.43. The van der Waals surface area contributed by atoms with Gasteiger partial charge in [0.25, 0.3) is 0 Å². The maximum absolute atomic E-state index is 10.3. The molecular weight excluding hydrogens is 561 g/mol. The predicted molar refractivity (Wildman–Crippen MR) is 192 cm³/mol.